The zero-order valence-electron chi connectivity index (χ0n) is 15.8. The Morgan fingerprint density at radius 2 is 2.03 bits per heavy atom. The smallest absolute Gasteiger partial charge is 0.325 e. The van der Waals surface area contributed by atoms with Gasteiger partial charge in [-0.25, -0.2) is 9.78 Å². The molecule has 1 atom stereocenters. The first-order valence-electron chi connectivity index (χ1n) is 9.05. The molecule has 4 rings (SSSR count). The van der Waals surface area contributed by atoms with Crippen molar-refractivity contribution in [2.24, 2.45) is 5.73 Å². The number of nitrogens with zero attached hydrogens (tertiary/aromatic N) is 4. The molecule has 0 saturated heterocycles. The number of carbonyl (C=O) groups excluding carboxylic acids is 2. The summed E-state index contributed by atoms with van der Waals surface area (Å²) in [7, 11) is 1.71. The predicted molar refractivity (Wildman–Crippen MR) is 112 cm³/mol. The second-order valence-electron chi connectivity index (χ2n) is 6.72. The fourth-order valence-electron chi connectivity index (χ4n) is 3.49. The zero-order valence-corrected chi connectivity index (χ0v) is 16.6. The number of aromatic nitrogens is 2. The molecule has 3 aromatic rings. The molecule has 0 spiro atoms. The maximum Gasteiger partial charge on any atom is 0.325 e. The molecule has 0 radical (unpaired) electrons. The molecule has 4 N–H and O–H groups in total. The van der Waals surface area contributed by atoms with E-state index in [1.165, 1.54) is 11.3 Å². The maximum absolute atomic E-state index is 13.4. The average molecular weight is 408 g/mol. The van der Waals surface area contributed by atoms with Crippen molar-refractivity contribution in [3.8, 4) is 0 Å². The van der Waals surface area contributed by atoms with Gasteiger partial charge in [-0.2, -0.15) is 0 Å². The van der Waals surface area contributed by atoms with E-state index in [1.54, 1.807) is 41.4 Å². The van der Waals surface area contributed by atoms with Gasteiger partial charge in [-0.3, -0.25) is 14.7 Å². The Bertz CT molecular complexity index is 1070. The monoisotopic (exact) mass is 408 g/mol. The van der Waals surface area contributed by atoms with Gasteiger partial charge >= 0.3 is 6.03 Å². The van der Waals surface area contributed by atoms with Crippen molar-refractivity contribution in [3.05, 3.63) is 69.9 Å². The van der Waals surface area contributed by atoms with Crippen LogP contribution in [0.3, 0.4) is 0 Å². The molecule has 1 unspecified atom stereocenters. The van der Waals surface area contributed by atoms with Crippen LogP contribution >= 0.6 is 11.3 Å². The minimum Gasteiger partial charge on any atom is -0.398 e. The fourth-order valence-corrected chi connectivity index (χ4v) is 4.59. The van der Waals surface area contributed by atoms with E-state index in [9.17, 15) is 9.59 Å². The summed E-state index contributed by atoms with van der Waals surface area (Å²) >= 11 is 1.22. The molecule has 2 aromatic heterocycles. The van der Waals surface area contributed by atoms with Gasteiger partial charge in [0.1, 0.15) is 0 Å². The number of thiazole rings is 1. The Kier molecular flexibility index (Phi) is 4.89. The number of carbonyl (C=O) groups is 2. The first kappa shape index (κ1) is 18.9. The Hall–Kier alpha value is -3.46. The first-order valence-corrected chi connectivity index (χ1v) is 9.87. The van der Waals surface area contributed by atoms with E-state index in [2.05, 4.69) is 9.97 Å². The maximum atomic E-state index is 13.4. The molecule has 0 fully saturated rings. The van der Waals surface area contributed by atoms with Crippen LogP contribution in [0.15, 0.2) is 48.8 Å². The summed E-state index contributed by atoms with van der Waals surface area (Å²) in [6.07, 6.45) is 3.83. The quantitative estimate of drug-likeness (QED) is 0.645. The summed E-state index contributed by atoms with van der Waals surface area (Å²) in [6, 6.07) is 10.4. The van der Waals surface area contributed by atoms with E-state index in [-0.39, 0.29) is 11.0 Å². The lowest BCUT2D eigenvalue weighted by molar-refractivity contribution is 0.0999. The molecule has 0 bridgehead atoms. The lowest BCUT2D eigenvalue weighted by Gasteiger charge is -2.38. The topological polar surface area (TPSA) is 118 Å². The van der Waals surface area contributed by atoms with Crippen molar-refractivity contribution >= 4 is 34.6 Å². The number of urea groups is 1. The highest BCUT2D eigenvalue weighted by Crippen LogP contribution is 2.41. The highest BCUT2D eigenvalue weighted by molar-refractivity contribution is 7.13. The van der Waals surface area contributed by atoms with Gasteiger partial charge in [-0.05, 0) is 18.2 Å². The van der Waals surface area contributed by atoms with E-state index in [4.69, 9.17) is 11.5 Å². The molecular weight excluding hydrogens is 388 g/mol. The molecule has 3 heterocycles. The third-order valence-electron chi connectivity index (χ3n) is 4.94. The number of pyridine rings is 1. The molecule has 8 nitrogen and oxygen atoms in total. The predicted octanol–water partition coefficient (Wildman–Crippen LogP) is 2.42. The van der Waals surface area contributed by atoms with Crippen LogP contribution in [0.4, 0.5) is 16.2 Å². The summed E-state index contributed by atoms with van der Waals surface area (Å²) < 4.78 is 0. The van der Waals surface area contributed by atoms with E-state index >= 15 is 0 Å². The van der Waals surface area contributed by atoms with E-state index in [1.807, 2.05) is 24.3 Å². The van der Waals surface area contributed by atoms with E-state index in [0.29, 0.717) is 24.3 Å². The minimum absolute atomic E-state index is 0.189. The number of hydrogen-bond donors (Lipinski definition) is 2. The molecule has 9 heteroatoms. The number of fused-ring (bicyclic) bond motifs is 1. The van der Waals surface area contributed by atoms with Crippen molar-refractivity contribution in [1.29, 1.82) is 0 Å². The standard InChI is InChI=1S/C20H20N6O2S/c1-25(12-5-4-9-23-11-12)20(28)26-10-8-15-17(29-19(24-15)18(22)27)16(26)13-6-2-3-7-14(13)21/h2-7,9,11,16H,8,10,21H2,1H3,(H2,22,27). The van der Waals surface area contributed by atoms with Crippen LogP contribution in [0.1, 0.15) is 32.0 Å². The summed E-state index contributed by atoms with van der Waals surface area (Å²) in [5.41, 5.74) is 14.5. The number of rotatable bonds is 3. The zero-order chi connectivity index (χ0) is 20.5. The number of primary amides is 1. The lowest BCUT2D eigenvalue weighted by Crippen LogP contribution is -2.46. The Morgan fingerprint density at radius 1 is 1.24 bits per heavy atom. The van der Waals surface area contributed by atoms with Crippen molar-refractivity contribution in [2.75, 3.05) is 24.2 Å². The Labute approximate surface area is 171 Å². The molecule has 1 aliphatic heterocycles. The second kappa shape index (κ2) is 7.51. The van der Waals surface area contributed by atoms with Gasteiger partial charge in [0.15, 0.2) is 5.01 Å². The molecule has 0 aliphatic carbocycles. The minimum atomic E-state index is -0.575. The highest BCUT2D eigenvalue weighted by Gasteiger charge is 2.37. The average Bonchev–Trinajstić information content (AvgIpc) is 3.18. The third-order valence-corrected chi connectivity index (χ3v) is 6.11. The van der Waals surface area contributed by atoms with Crippen molar-refractivity contribution in [2.45, 2.75) is 12.5 Å². The SMILES string of the molecule is CN(C(=O)N1CCc2nc(C(N)=O)sc2C1c1ccccc1N)c1cccnc1. The number of anilines is 2. The van der Waals surface area contributed by atoms with Crippen LogP contribution in [-0.4, -0.2) is 40.4 Å². The van der Waals surface area contributed by atoms with Gasteiger partial charge in [0.25, 0.3) is 5.91 Å². The molecule has 3 amide bonds. The van der Waals surface area contributed by atoms with Gasteiger partial charge in [-0.1, -0.05) is 18.2 Å². The normalized spacial score (nSPS) is 15.6. The van der Waals surface area contributed by atoms with Crippen LogP contribution in [0.5, 0.6) is 0 Å². The van der Waals surface area contributed by atoms with Gasteiger partial charge in [0.05, 0.1) is 28.5 Å². The van der Waals surface area contributed by atoms with Gasteiger partial charge in [-0.15, -0.1) is 11.3 Å². The van der Waals surface area contributed by atoms with Crippen LogP contribution in [0, 0.1) is 0 Å². The van der Waals surface area contributed by atoms with Crippen LogP contribution in [0.25, 0.3) is 0 Å². The van der Waals surface area contributed by atoms with Crippen LogP contribution in [0.2, 0.25) is 0 Å². The largest absolute Gasteiger partial charge is 0.398 e. The Morgan fingerprint density at radius 3 is 2.72 bits per heavy atom. The van der Waals surface area contributed by atoms with Gasteiger partial charge in [0.2, 0.25) is 0 Å². The number of para-hydroxylation sites is 1. The summed E-state index contributed by atoms with van der Waals surface area (Å²) in [5.74, 6) is -0.575. The molecule has 1 aliphatic rings. The molecule has 29 heavy (non-hydrogen) atoms. The van der Waals surface area contributed by atoms with Crippen molar-refractivity contribution in [1.82, 2.24) is 14.9 Å². The number of nitrogen functional groups attached to an aromatic ring is 1. The number of benzene rings is 1. The molecule has 1 aromatic carbocycles. The number of hydrogen-bond acceptors (Lipinski definition) is 6. The van der Waals surface area contributed by atoms with Crippen LogP contribution < -0.4 is 16.4 Å². The molecule has 148 valence electrons. The third kappa shape index (κ3) is 3.40. The fraction of sp³-hybridized carbons (Fsp3) is 0.200. The Balaban J connectivity index is 1.79. The van der Waals surface area contributed by atoms with Crippen molar-refractivity contribution in [3.63, 3.8) is 0 Å². The first-order chi connectivity index (χ1) is 14.0. The van der Waals surface area contributed by atoms with Crippen molar-refractivity contribution < 1.29 is 9.59 Å². The van der Waals surface area contributed by atoms with Gasteiger partial charge < -0.3 is 16.4 Å². The number of nitrogens with two attached hydrogens (primary N) is 2. The summed E-state index contributed by atoms with van der Waals surface area (Å²) in [4.78, 5) is 37.7. The van der Waals surface area contributed by atoms with E-state index < -0.39 is 11.9 Å². The molecular formula is C20H20N6O2S. The lowest BCUT2D eigenvalue weighted by atomic mass is 9.96. The summed E-state index contributed by atoms with van der Waals surface area (Å²) in [6.45, 7) is 0.442. The summed E-state index contributed by atoms with van der Waals surface area (Å²) in [5, 5.41) is 0.240. The van der Waals surface area contributed by atoms with E-state index in [0.717, 1.165) is 16.1 Å². The van der Waals surface area contributed by atoms with Crippen LogP contribution in [-0.2, 0) is 6.42 Å². The number of amides is 3. The molecule has 0 saturated carbocycles. The second-order valence-corrected chi connectivity index (χ2v) is 7.75. The van der Waals surface area contributed by atoms with Gasteiger partial charge in [0, 0.05) is 37.5 Å². The highest BCUT2D eigenvalue weighted by atomic mass is 32.1.